The summed E-state index contributed by atoms with van der Waals surface area (Å²) in [4.78, 5) is 14.1. The van der Waals surface area contributed by atoms with E-state index in [9.17, 15) is 4.79 Å². The fraction of sp³-hybridized carbons (Fsp3) is 0.875. The molecule has 0 rings (SSSR count). The third kappa shape index (κ3) is 14.8. The van der Waals surface area contributed by atoms with E-state index in [-0.39, 0.29) is 5.97 Å². The number of carbonyl (C=O) groups excluding carboxylic acids is 1. The molecule has 0 N–H and O–H groups in total. The van der Waals surface area contributed by atoms with Crippen LogP contribution in [0.2, 0.25) is 0 Å². The normalized spacial score (nSPS) is 12.3. The molecule has 27 heavy (non-hydrogen) atoms. The first-order valence-electron chi connectivity index (χ1n) is 11.6. The van der Waals surface area contributed by atoms with Gasteiger partial charge < -0.3 is 9.64 Å². The van der Waals surface area contributed by atoms with Crippen LogP contribution in [0.5, 0.6) is 0 Å². The monoisotopic (exact) mass is 381 g/mol. The Morgan fingerprint density at radius 1 is 0.815 bits per heavy atom. The smallest absolute Gasteiger partial charge is 0.333 e. The summed E-state index contributed by atoms with van der Waals surface area (Å²) in [5, 5.41) is 0. The lowest BCUT2D eigenvalue weighted by molar-refractivity contribution is -0.139. The number of hydrogen-bond acceptors (Lipinski definition) is 3. The molecular weight excluding hydrogens is 334 g/mol. The van der Waals surface area contributed by atoms with Crippen molar-refractivity contribution in [1.29, 1.82) is 0 Å². The maximum Gasteiger partial charge on any atom is 0.333 e. The maximum absolute atomic E-state index is 11.6. The summed E-state index contributed by atoms with van der Waals surface area (Å²) in [7, 11) is 0. The molecule has 0 saturated carbocycles. The van der Waals surface area contributed by atoms with Gasteiger partial charge in [0, 0.05) is 11.6 Å². The van der Waals surface area contributed by atoms with Crippen LogP contribution in [-0.2, 0) is 9.53 Å². The van der Waals surface area contributed by atoms with Crippen molar-refractivity contribution in [1.82, 2.24) is 4.90 Å². The lowest BCUT2D eigenvalue weighted by Crippen LogP contribution is -2.36. The minimum atomic E-state index is -0.261. The largest absolute Gasteiger partial charge is 0.462 e. The second-order valence-electron chi connectivity index (χ2n) is 7.90. The Morgan fingerprint density at radius 2 is 1.30 bits per heavy atom. The molecule has 0 aromatic rings. The Kier molecular flexibility index (Phi) is 18.0. The predicted molar refractivity (Wildman–Crippen MR) is 118 cm³/mol. The molecule has 3 heteroatoms. The van der Waals surface area contributed by atoms with E-state index in [4.69, 9.17) is 4.74 Å². The standard InChI is InChI=1S/C24H47NO2/c1-6-9-10-11-12-13-14-15-16-17-18-19-23(25(7-2)8-3)20-21-27-24(26)22(4)5/h23H,4,6-21H2,1-3,5H3. The molecule has 0 aliphatic carbocycles. The van der Waals surface area contributed by atoms with Gasteiger partial charge in [0.1, 0.15) is 0 Å². The molecular formula is C24H47NO2. The summed E-state index contributed by atoms with van der Waals surface area (Å²) < 4.78 is 5.31. The van der Waals surface area contributed by atoms with Crippen LogP contribution in [0.3, 0.4) is 0 Å². The van der Waals surface area contributed by atoms with Gasteiger partial charge in [-0.3, -0.25) is 0 Å². The number of carbonyl (C=O) groups is 1. The van der Waals surface area contributed by atoms with E-state index in [2.05, 4.69) is 32.3 Å². The second-order valence-corrected chi connectivity index (χ2v) is 7.90. The zero-order chi connectivity index (χ0) is 20.3. The zero-order valence-corrected chi connectivity index (χ0v) is 18.9. The number of rotatable bonds is 19. The molecule has 0 aromatic heterocycles. The Balaban J connectivity index is 3.86. The number of ether oxygens (including phenoxy) is 1. The van der Waals surface area contributed by atoms with Crippen LogP contribution in [0, 0.1) is 0 Å². The molecule has 0 heterocycles. The molecule has 160 valence electrons. The van der Waals surface area contributed by atoms with E-state index in [0.29, 0.717) is 18.2 Å². The van der Waals surface area contributed by atoms with Crippen molar-refractivity contribution in [3.05, 3.63) is 12.2 Å². The van der Waals surface area contributed by atoms with Crippen molar-refractivity contribution >= 4 is 5.97 Å². The average molecular weight is 382 g/mol. The van der Waals surface area contributed by atoms with E-state index in [0.717, 1.165) is 19.5 Å². The van der Waals surface area contributed by atoms with Gasteiger partial charge >= 0.3 is 5.97 Å². The molecule has 0 radical (unpaired) electrons. The molecule has 3 nitrogen and oxygen atoms in total. The van der Waals surface area contributed by atoms with Crippen molar-refractivity contribution in [2.75, 3.05) is 19.7 Å². The quantitative estimate of drug-likeness (QED) is 0.138. The van der Waals surface area contributed by atoms with Crippen LogP contribution in [0.15, 0.2) is 12.2 Å². The van der Waals surface area contributed by atoms with E-state index >= 15 is 0 Å². The van der Waals surface area contributed by atoms with Crippen LogP contribution in [-0.4, -0.2) is 36.6 Å². The third-order valence-electron chi connectivity index (χ3n) is 5.50. The highest BCUT2D eigenvalue weighted by molar-refractivity contribution is 5.86. The van der Waals surface area contributed by atoms with Crippen molar-refractivity contribution in [3.63, 3.8) is 0 Å². The first-order valence-corrected chi connectivity index (χ1v) is 11.6. The van der Waals surface area contributed by atoms with Gasteiger partial charge in [0.25, 0.3) is 0 Å². The summed E-state index contributed by atoms with van der Waals surface area (Å²) >= 11 is 0. The minimum absolute atomic E-state index is 0.261. The van der Waals surface area contributed by atoms with Gasteiger partial charge in [0.15, 0.2) is 0 Å². The molecule has 0 saturated heterocycles. The first-order chi connectivity index (χ1) is 13.1. The summed E-state index contributed by atoms with van der Waals surface area (Å²) in [5.41, 5.74) is 0.486. The number of nitrogens with zero attached hydrogens (tertiary/aromatic N) is 1. The van der Waals surface area contributed by atoms with Crippen LogP contribution in [0.1, 0.15) is 111 Å². The highest BCUT2D eigenvalue weighted by Crippen LogP contribution is 2.16. The molecule has 1 unspecified atom stereocenters. The van der Waals surface area contributed by atoms with Crippen molar-refractivity contribution < 1.29 is 9.53 Å². The predicted octanol–water partition coefficient (Wildman–Crippen LogP) is 6.91. The zero-order valence-electron chi connectivity index (χ0n) is 18.9. The van der Waals surface area contributed by atoms with E-state index in [1.54, 1.807) is 6.92 Å². The molecule has 0 aliphatic heterocycles. The second kappa shape index (κ2) is 18.5. The van der Waals surface area contributed by atoms with Gasteiger partial charge in [-0.25, -0.2) is 4.79 Å². The van der Waals surface area contributed by atoms with Crippen LogP contribution < -0.4 is 0 Å². The number of unbranched alkanes of at least 4 members (excludes halogenated alkanes) is 10. The molecule has 0 amide bonds. The van der Waals surface area contributed by atoms with E-state index in [1.807, 2.05) is 0 Å². The topological polar surface area (TPSA) is 29.5 Å². The van der Waals surface area contributed by atoms with Crippen molar-refractivity contribution in [2.45, 2.75) is 117 Å². The van der Waals surface area contributed by atoms with Crippen LogP contribution in [0.25, 0.3) is 0 Å². The highest BCUT2D eigenvalue weighted by atomic mass is 16.5. The fourth-order valence-electron chi connectivity index (χ4n) is 3.70. The Bertz CT molecular complexity index is 363. The minimum Gasteiger partial charge on any atom is -0.462 e. The summed E-state index contributed by atoms with van der Waals surface area (Å²) in [6.45, 7) is 14.7. The third-order valence-corrected chi connectivity index (χ3v) is 5.50. The Morgan fingerprint density at radius 3 is 1.74 bits per heavy atom. The van der Waals surface area contributed by atoms with E-state index < -0.39 is 0 Å². The molecule has 0 fully saturated rings. The lowest BCUT2D eigenvalue weighted by Gasteiger charge is -2.29. The molecule has 0 spiro atoms. The molecule has 0 bridgehead atoms. The Hall–Kier alpha value is -0.830. The van der Waals surface area contributed by atoms with Crippen molar-refractivity contribution in [3.8, 4) is 0 Å². The summed E-state index contributed by atoms with van der Waals surface area (Å²) in [5.74, 6) is -0.261. The van der Waals surface area contributed by atoms with Gasteiger partial charge in [0.2, 0.25) is 0 Å². The first kappa shape index (κ1) is 26.2. The lowest BCUT2D eigenvalue weighted by atomic mass is 10.0. The van der Waals surface area contributed by atoms with Crippen molar-refractivity contribution in [2.24, 2.45) is 0 Å². The number of hydrogen-bond donors (Lipinski definition) is 0. The molecule has 0 aliphatic rings. The van der Waals surface area contributed by atoms with Crippen LogP contribution >= 0.6 is 0 Å². The highest BCUT2D eigenvalue weighted by Gasteiger charge is 2.16. The van der Waals surface area contributed by atoms with Gasteiger partial charge in [-0.05, 0) is 32.9 Å². The summed E-state index contributed by atoms with van der Waals surface area (Å²) in [6.07, 6.45) is 17.3. The fourth-order valence-corrected chi connectivity index (χ4v) is 3.70. The molecule has 0 aromatic carbocycles. The van der Waals surface area contributed by atoms with Crippen LogP contribution in [0.4, 0.5) is 0 Å². The number of esters is 1. The van der Waals surface area contributed by atoms with Gasteiger partial charge in [-0.15, -0.1) is 0 Å². The van der Waals surface area contributed by atoms with Gasteiger partial charge in [-0.2, -0.15) is 0 Å². The summed E-state index contributed by atoms with van der Waals surface area (Å²) in [6, 6.07) is 0.525. The average Bonchev–Trinajstić information content (AvgIpc) is 2.66. The Labute approximate surface area is 169 Å². The van der Waals surface area contributed by atoms with E-state index in [1.165, 1.54) is 77.0 Å². The maximum atomic E-state index is 11.6. The SMILES string of the molecule is C=C(C)C(=O)OCCC(CCCCCCCCCCCCC)N(CC)CC. The molecule has 1 atom stereocenters. The van der Waals surface area contributed by atoms with Gasteiger partial charge in [-0.1, -0.05) is 98.0 Å². The van der Waals surface area contributed by atoms with Gasteiger partial charge in [0.05, 0.1) is 6.61 Å².